The minimum absolute atomic E-state index is 0.340. The normalized spacial score (nSPS) is 10.4. The Bertz CT molecular complexity index is 350. The highest BCUT2D eigenvalue weighted by Gasteiger charge is 1.94. The summed E-state index contributed by atoms with van der Waals surface area (Å²) in [7, 11) is 0. The number of aromatic nitrogens is 1. The summed E-state index contributed by atoms with van der Waals surface area (Å²) in [6.07, 6.45) is 6.39. The van der Waals surface area contributed by atoms with E-state index in [9.17, 15) is 4.79 Å². The molecule has 0 bridgehead atoms. The van der Waals surface area contributed by atoms with Crippen molar-refractivity contribution in [3.8, 4) is 0 Å². The van der Waals surface area contributed by atoms with Crippen molar-refractivity contribution in [1.29, 1.82) is 0 Å². The fraction of sp³-hybridized carbons (Fsp3) is 0.200. The van der Waals surface area contributed by atoms with Crippen LogP contribution in [0.25, 0.3) is 6.08 Å². The van der Waals surface area contributed by atoms with Crippen molar-refractivity contribution in [2.45, 2.75) is 6.92 Å². The van der Waals surface area contributed by atoms with Crippen LogP contribution in [0, 0.1) is 0 Å². The first-order chi connectivity index (χ1) is 6.72. The highest BCUT2D eigenvalue weighted by molar-refractivity contribution is 9.10. The first kappa shape index (κ1) is 10.9. The van der Waals surface area contributed by atoms with Gasteiger partial charge in [-0.05, 0) is 40.6 Å². The molecule has 0 aromatic carbocycles. The molecule has 1 aromatic heterocycles. The lowest BCUT2D eigenvalue weighted by atomic mass is 10.2. The minimum atomic E-state index is -0.340. The molecule has 1 aromatic rings. The fourth-order valence-corrected chi connectivity index (χ4v) is 1.26. The number of rotatable bonds is 3. The van der Waals surface area contributed by atoms with Gasteiger partial charge in [0.25, 0.3) is 0 Å². The van der Waals surface area contributed by atoms with Crippen LogP contribution in [0.15, 0.2) is 29.0 Å². The summed E-state index contributed by atoms with van der Waals surface area (Å²) in [5.41, 5.74) is 0.854. The van der Waals surface area contributed by atoms with E-state index in [1.54, 1.807) is 25.4 Å². The Kier molecular flexibility index (Phi) is 4.32. The van der Waals surface area contributed by atoms with Gasteiger partial charge < -0.3 is 4.74 Å². The van der Waals surface area contributed by atoms with Gasteiger partial charge in [0.05, 0.1) is 6.61 Å². The van der Waals surface area contributed by atoms with Crippen molar-refractivity contribution in [2.24, 2.45) is 0 Å². The summed E-state index contributed by atoms with van der Waals surface area (Å²) in [5.74, 6) is -0.340. The van der Waals surface area contributed by atoms with Crippen molar-refractivity contribution < 1.29 is 9.53 Å². The number of carbonyl (C=O) groups is 1. The maximum Gasteiger partial charge on any atom is 0.330 e. The van der Waals surface area contributed by atoms with E-state index in [-0.39, 0.29) is 5.97 Å². The molecule has 0 aliphatic carbocycles. The van der Waals surface area contributed by atoms with E-state index < -0.39 is 0 Å². The van der Waals surface area contributed by atoms with E-state index in [0.717, 1.165) is 10.0 Å². The van der Waals surface area contributed by atoms with Gasteiger partial charge in [-0.15, -0.1) is 0 Å². The summed E-state index contributed by atoms with van der Waals surface area (Å²) in [6, 6.07) is 1.86. The molecule has 0 N–H and O–H groups in total. The second-order valence-corrected chi connectivity index (χ2v) is 3.44. The molecule has 3 nitrogen and oxygen atoms in total. The number of esters is 1. The summed E-state index contributed by atoms with van der Waals surface area (Å²) in [5, 5.41) is 0. The number of carbonyl (C=O) groups excluding carboxylic acids is 1. The number of pyridine rings is 1. The maximum absolute atomic E-state index is 11.0. The van der Waals surface area contributed by atoms with E-state index in [2.05, 4.69) is 20.9 Å². The second-order valence-electron chi connectivity index (χ2n) is 2.52. The second kappa shape index (κ2) is 5.54. The topological polar surface area (TPSA) is 39.2 Å². The molecule has 0 fully saturated rings. The number of hydrogen-bond acceptors (Lipinski definition) is 3. The van der Waals surface area contributed by atoms with Crippen molar-refractivity contribution in [3.63, 3.8) is 0 Å². The van der Waals surface area contributed by atoms with E-state index in [1.807, 2.05) is 6.07 Å². The summed E-state index contributed by atoms with van der Waals surface area (Å²) in [6.45, 7) is 2.16. The molecule has 0 radical (unpaired) electrons. The predicted molar refractivity (Wildman–Crippen MR) is 57.6 cm³/mol. The molecule has 4 heteroatoms. The van der Waals surface area contributed by atoms with Crippen molar-refractivity contribution >= 4 is 28.0 Å². The molecule has 1 heterocycles. The Morgan fingerprint density at radius 1 is 1.64 bits per heavy atom. The van der Waals surface area contributed by atoms with Crippen molar-refractivity contribution in [3.05, 3.63) is 34.6 Å². The molecule has 0 unspecified atom stereocenters. The molecular weight excluding hydrogens is 246 g/mol. The third-order valence-corrected chi connectivity index (χ3v) is 1.86. The molecule has 0 amide bonds. The average Bonchev–Trinajstić information content (AvgIpc) is 2.15. The molecule has 0 aliphatic rings. The molecule has 1 rings (SSSR count). The van der Waals surface area contributed by atoms with Crippen LogP contribution in [0.3, 0.4) is 0 Å². The highest BCUT2D eigenvalue weighted by Crippen LogP contribution is 2.10. The summed E-state index contributed by atoms with van der Waals surface area (Å²) >= 11 is 3.29. The van der Waals surface area contributed by atoms with Crippen LogP contribution in [-0.4, -0.2) is 17.6 Å². The Morgan fingerprint density at radius 2 is 2.43 bits per heavy atom. The van der Waals surface area contributed by atoms with Gasteiger partial charge in [0, 0.05) is 22.9 Å². The Labute approximate surface area is 90.9 Å². The first-order valence-corrected chi connectivity index (χ1v) is 4.97. The summed E-state index contributed by atoms with van der Waals surface area (Å²) in [4.78, 5) is 14.9. The van der Waals surface area contributed by atoms with Gasteiger partial charge in [0.15, 0.2) is 0 Å². The molecule has 0 saturated carbocycles. The highest BCUT2D eigenvalue weighted by atomic mass is 79.9. The van der Waals surface area contributed by atoms with E-state index in [0.29, 0.717) is 6.61 Å². The number of ether oxygens (including phenoxy) is 1. The molecule has 0 saturated heterocycles. The van der Waals surface area contributed by atoms with Crippen molar-refractivity contribution in [1.82, 2.24) is 4.98 Å². The first-order valence-electron chi connectivity index (χ1n) is 4.17. The van der Waals surface area contributed by atoms with Crippen LogP contribution in [0.1, 0.15) is 12.5 Å². The molecule has 14 heavy (non-hydrogen) atoms. The van der Waals surface area contributed by atoms with Crippen LogP contribution in [-0.2, 0) is 9.53 Å². The fourth-order valence-electron chi connectivity index (χ4n) is 0.874. The zero-order chi connectivity index (χ0) is 10.4. The van der Waals surface area contributed by atoms with Gasteiger partial charge in [0.2, 0.25) is 0 Å². The Morgan fingerprint density at radius 3 is 3.07 bits per heavy atom. The predicted octanol–water partition coefficient (Wildman–Crippen LogP) is 2.42. The molecule has 74 valence electrons. The van der Waals surface area contributed by atoms with Crippen LogP contribution >= 0.6 is 15.9 Å². The molecule has 0 aliphatic heterocycles. The van der Waals surface area contributed by atoms with E-state index >= 15 is 0 Å². The van der Waals surface area contributed by atoms with Gasteiger partial charge in [-0.2, -0.15) is 0 Å². The summed E-state index contributed by atoms with van der Waals surface area (Å²) < 4.78 is 5.61. The van der Waals surface area contributed by atoms with Crippen LogP contribution in [0.5, 0.6) is 0 Å². The van der Waals surface area contributed by atoms with Gasteiger partial charge in [-0.25, -0.2) is 4.79 Å². The van der Waals surface area contributed by atoms with Gasteiger partial charge >= 0.3 is 5.97 Å². The van der Waals surface area contributed by atoms with Crippen LogP contribution in [0.4, 0.5) is 0 Å². The maximum atomic E-state index is 11.0. The molecular formula is C10H10BrNO2. The van der Waals surface area contributed by atoms with Gasteiger partial charge in [-0.1, -0.05) is 0 Å². The quantitative estimate of drug-likeness (QED) is 0.615. The Hall–Kier alpha value is -1.16. The molecule has 0 atom stereocenters. The largest absolute Gasteiger partial charge is 0.463 e. The standard InChI is InChI=1S/C10H10BrNO2/c1-2-14-10(13)4-3-8-5-9(11)7-12-6-8/h3-7H,2H2,1H3/b4-3+. The lowest BCUT2D eigenvalue weighted by molar-refractivity contribution is -0.137. The lowest BCUT2D eigenvalue weighted by Crippen LogP contribution is -1.98. The third-order valence-electron chi connectivity index (χ3n) is 1.42. The number of nitrogens with zero attached hydrogens (tertiary/aromatic N) is 1. The smallest absolute Gasteiger partial charge is 0.330 e. The zero-order valence-electron chi connectivity index (χ0n) is 7.74. The number of halogens is 1. The van der Waals surface area contributed by atoms with Crippen molar-refractivity contribution in [2.75, 3.05) is 6.61 Å². The van der Waals surface area contributed by atoms with Gasteiger partial charge in [-0.3, -0.25) is 4.98 Å². The average molecular weight is 256 g/mol. The van der Waals surface area contributed by atoms with Crippen LogP contribution in [0.2, 0.25) is 0 Å². The molecule has 0 spiro atoms. The lowest BCUT2D eigenvalue weighted by Gasteiger charge is -1.95. The number of hydrogen-bond donors (Lipinski definition) is 0. The Balaban J connectivity index is 2.64. The van der Waals surface area contributed by atoms with Gasteiger partial charge in [0.1, 0.15) is 0 Å². The third kappa shape index (κ3) is 3.70. The monoisotopic (exact) mass is 255 g/mol. The zero-order valence-corrected chi connectivity index (χ0v) is 9.32. The van der Waals surface area contributed by atoms with E-state index in [4.69, 9.17) is 4.74 Å². The minimum Gasteiger partial charge on any atom is -0.463 e. The van der Waals surface area contributed by atoms with E-state index in [1.165, 1.54) is 6.08 Å². The SMILES string of the molecule is CCOC(=O)/C=C/c1cncc(Br)c1. The van der Waals surface area contributed by atoms with Crippen LogP contribution < -0.4 is 0 Å².